The van der Waals surface area contributed by atoms with Crippen LogP contribution in [0.4, 0.5) is 10.5 Å². The van der Waals surface area contributed by atoms with E-state index in [9.17, 15) is 4.79 Å². The van der Waals surface area contributed by atoms with Gasteiger partial charge < -0.3 is 16.4 Å². The Morgan fingerprint density at radius 3 is 2.72 bits per heavy atom. The molecule has 0 saturated heterocycles. The zero-order valence-corrected chi connectivity index (χ0v) is 10.9. The Morgan fingerprint density at radius 2 is 2.11 bits per heavy atom. The van der Waals surface area contributed by atoms with Crippen LogP contribution in [0.3, 0.4) is 0 Å². The van der Waals surface area contributed by atoms with E-state index < -0.39 is 0 Å². The van der Waals surface area contributed by atoms with Gasteiger partial charge in [-0.3, -0.25) is 0 Å². The van der Waals surface area contributed by atoms with E-state index >= 15 is 0 Å². The number of hydrogen-bond donors (Lipinski definition) is 3. The molecule has 4 nitrogen and oxygen atoms in total. The van der Waals surface area contributed by atoms with Crippen LogP contribution in [0.1, 0.15) is 38.3 Å². The van der Waals surface area contributed by atoms with Gasteiger partial charge in [-0.15, -0.1) is 0 Å². The molecule has 0 heterocycles. The Hall–Kier alpha value is -1.55. The van der Waals surface area contributed by atoms with Gasteiger partial charge in [0.05, 0.1) is 0 Å². The van der Waals surface area contributed by atoms with Crippen molar-refractivity contribution in [1.29, 1.82) is 0 Å². The molecular formula is C14H21N3O. The number of hydrogen-bond acceptors (Lipinski definition) is 2. The summed E-state index contributed by atoms with van der Waals surface area (Å²) in [5.74, 6) is 0.658. The molecule has 98 valence electrons. The molecule has 0 spiro atoms. The highest BCUT2D eigenvalue weighted by atomic mass is 16.2. The lowest BCUT2D eigenvalue weighted by Crippen LogP contribution is -2.37. The second kappa shape index (κ2) is 5.40. The summed E-state index contributed by atoms with van der Waals surface area (Å²) < 4.78 is 0. The molecule has 1 aliphatic carbocycles. The first-order valence-corrected chi connectivity index (χ1v) is 6.49. The molecule has 4 heteroatoms. The fraction of sp³-hybridized carbons (Fsp3) is 0.500. The molecule has 1 saturated carbocycles. The molecule has 0 aliphatic heterocycles. The highest BCUT2D eigenvalue weighted by Gasteiger charge is 2.28. The van der Waals surface area contributed by atoms with Gasteiger partial charge in [0.1, 0.15) is 0 Å². The molecule has 0 bridgehead atoms. The number of benzene rings is 1. The number of anilines is 1. The number of carbonyl (C=O) groups is 1. The Kier molecular flexibility index (Phi) is 3.87. The van der Waals surface area contributed by atoms with Gasteiger partial charge in [0, 0.05) is 17.8 Å². The van der Waals surface area contributed by atoms with Crippen molar-refractivity contribution < 1.29 is 4.79 Å². The molecule has 2 unspecified atom stereocenters. The van der Waals surface area contributed by atoms with Gasteiger partial charge in [0.2, 0.25) is 0 Å². The van der Waals surface area contributed by atoms with Crippen molar-refractivity contribution in [3.05, 3.63) is 29.8 Å². The average molecular weight is 247 g/mol. The maximum atomic E-state index is 11.8. The highest BCUT2D eigenvalue weighted by molar-refractivity contribution is 5.89. The lowest BCUT2D eigenvalue weighted by atomic mass is 10.1. The first-order chi connectivity index (χ1) is 8.56. The Morgan fingerprint density at radius 1 is 1.39 bits per heavy atom. The molecule has 0 radical (unpaired) electrons. The van der Waals surface area contributed by atoms with Crippen molar-refractivity contribution >= 4 is 11.7 Å². The topological polar surface area (TPSA) is 67.1 Å². The van der Waals surface area contributed by atoms with Crippen molar-refractivity contribution in [2.75, 3.05) is 5.32 Å². The van der Waals surface area contributed by atoms with E-state index in [0.29, 0.717) is 5.92 Å². The number of rotatable bonds is 4. The molecular weight excluding hydrogens is 226 g/mol. The van der Waals surface area contributed by atoms with E-state index in [2.05, 4.69) is 17.6 Å². The number of nitrogens with one attached hydrogen (secondary N) is 2. The molecule has 4 N–H and O–H groups in total. The van der Waals surface area contributed by atoms with Crippen LogP contribution in [0.25, 0.3) is 0 Å². The smallest absolute Gasteiger partial charge is 0.319 e. The van der Waals surface area contributed by atoms with Crippen molar-refractivity contribution in [2.24, 2.45) is 11.7 Å². The lowest BCUT2D eigenvalue weighted by Gasteiger charge is -2.14. The van der Waals surface area contributed by atoms with Gasteiger partial charge >= 0.3 is 6.03 Å². The summed E-state index contributed by atoms with van der Waals surface area (Å²) in [6.07, 6.45) is 2.45. The predicted octanol–water partition coefficient (Wildman–Crippen LogP) is 2.63. The lowest BCUT2D eigenvalue weighted by molar-refractivity contribution is 0.248. The predicted molar refractivity (Wildman–Crippen MR) is 73.4 cm³/mol. The number of urea groups is 1. The van der Waals surface area contributed by atoms with Gasteiger partial charge in [-0.05, 0) is 50.3 Å². The van der Waals surface area contributed by atoms with Crippen LogP contribution < -0.4 is 16.4 Å². The molecule has 2 rings (SSSR count). The maximum Gasteiger partial charge on any atom is 0.319 e. The SMILES string of the molecule is CC(N)c1cccc(NC(=O)NC(C)C2CC2)c1. The van der Waals surface area contributed by atoms with E-state index in [1.165, 1.54) is 12.8 Å². The van der Waals surface area contributed by atoms with E-state index in [-0.39, 0.29) is 18.1 Å². The third-order valence-corrected chi connectivity index (χ3v) is 3.36. The molecule has 2 amide bonds. The normalized spacial score (nSPS) is 17.9. The van der Waals surface area contributed by atoms with Crippen molar-refractivity contribution in [3.63, 3.8) is 0 Å². The van der Waals surface area contributed by atoms with Crippen molar-refractivity contribution in [3.8, 4) is 0 Å². The maximum absolute atomic E-state index is 11.8. The monoisotopic (exact) mass is 247 g/mol. The van der Waals surface area contributed by atoms with Crippen LogP contribution in [-0.2, 0) is 0 Å². The summed E-state index contributed by atoms with van der Waals surface area (Å²) in [7, 11) is 0. The number of nitrogens with two attached hydrogens (primary N) is 1. The van der Waals surface area contributed by atoms with Crippen LogP contribution in [0, 0.1) is 5.92 Å². The zero-order valence-electron chi connectivity index (χ0n) is 10.9. The number of amides is 2. The van der Waals surface area contributed by atoms with Crippen LogP contribution >= 0.6 is 0 Å². The van der Waals surface area contributed by atoms with Crippen LogP contribution in [-0.4, -0.2) is 12.1 Å². The van der Waals surface area contributed by atoms with E-state index in [1.54, 1.807) is 0 Å². The minimum Gasteiger partial charge on any atom is -0.335 e. The third-order valence-electron chi connectivity index (χ3n) is 3.36. The van der Waals surface area contributed by atoms with Gasteiger partial charge in [-0.25, -0.2) is 4.79 Å². The molecule has 0 aromatic heterocycles. The van der Waals surface area contributed by atoms with Gasteiger partial charge in [0.15, 0.2) is 0 Å². The molecule has 2 atom stereocenters. The van der Waals surface area contributed by atoms with Crippen LogP contribution in [0.2, 0.25) is 0 Å². The molecule has 1 aromatic rings. The molecule has 1 fully saturated rings. The quantitative estimate of drug-likeness (QED) is 0.765. The van der Waals surface area contributed by atoms with Crippen molar-refractivity contribution in [2.45, 2.75) is 38.8 Å². The summed E-state index contributed by atoms with van der Waals surface area (Å²) in [6, 6.07) is 7.72. The van der Waals surface area contributed by atoms with Crippen LogP contribution in [0.5, 0.6) is 0 Å². The van der Waals surface area contributed by atoms with E-state index in [0.717, 1.165) is 11.3 Å². The molecule has 18 heavy (non-hydrogen) atoms. The standard InChI is InChI=1S/C14H21N3O/c1-9(15)12-4-3-5-13(8-12)17-14(18)16-10(2)11-6-7-11/h3-5,8-11H,6-7,15H2,1-2H3,(H2,16,17,18). The zero-order chi connectivity index (χ0) is 13.1. The fourth-order valence-electron chi connectivity index (χ4n) is 1.99. The van der Waals surface area contributed by atoms with Gasteiger partial charge in [0.25, 0.3) is 0 Å². The largest absolute Gasteiger partial charge is 0.335 e. The Bertz CT molecular complexity index is 427. The summed E-state index contributed by atoms with van der Waals surface area (Å²) in [5, 5.41) is 5.80. The molecule has 1 aliphatic rings. The first-order valence-electron chi connectivity index (χ1n) is 6.49. The molecule has 1 aromatic carbocycles. The summed E-state index contributed by atoms with van der Waals surface area (Å²) in [4.78, 5) is 11.8. The van der Waals surface area contributed by atoms with Crippen LogP contribution in [0.15, 0.2) is 24.3 Å². The summed E-state index contributed by atoms with van der Waals surface area (Å²) >= 11 is 0. The Labute approximate surface area is 108 Å². The minimum absolute atomic E-state index is 0.0276. The average Bonchev–Trinajstić information content (AvgIpc) is 3.12. The minimum atomic E-state index is -0.142. The third kappa shape index (κ3) is 3.47. The second-order valence-electron chi connectivity index (χ2n) is 5.14. The van der Waals surface area contributed by atoms with E-state index in [4.69, 9.17) is 5.73 Å². The van der Waals surface area contributed by atoms with E-state index in [1.807, 2.05) is 31.2 Å². The van der Waals surface area contributed by atoms with Gasteiger partial charge in [-0.1, -0.05) is 12.1 Å². The summed E-state index contributed by atoms with van der Waals surface area (Å²) in [6.45, 7) is 3.98. The first kappa shape index (κ1) is 12.9. The van der Waals surface area contributed by atoms with Crippen molar-refractivity contribution in [1.82, 2.24) is 5.32 Å². The fourth-order valence-corrected chi connectivity index (χ4v) is 1.99. The Balaban J connectivity index is 1.91. The highest BCUT2D eigenvalue weighted by Crippen LogP contribution is 2.32. The summed E-state index contributed by atoms with van der Waals surface area (Å²) in [5.41, 5.74) is 7.61. The van der Waals surface area contributed by atoms with Gasteiger partial charge in [-0.2, -0.15) is 0 Å². The second-order valence-corrected chi connectivity index (χ2v) is 5.14. The number of carbonyl (C=O) groups excluding carboxylic acids is 1.